The van der Waals surface area contributed by atoms with E-state index in [1.165, 1.54) is 30.9 Å². The number of rotatable bonds is 7. The molecule has 3 aromatic rings. The van der Waals surface area contributed by atoms with E-state index in [0.29, 0.717) is 28.8 Å². The molecule has 1 aliphatic heterocycles. The van der Waals surface area contributed by atoms with Gasteiger partial charge in [-0.1, -0.05) is 30.0 Å². The largest absolute Gasteiger partial charge is 0.493 e. The van der Waals surface area contributed by atoms with Gasteiger partial charge in [0.05, 0.1) is 20.0 Å². The summed E-state index contributed by atoms with van der Waals surface area (Å²) in [6.45, 7) is 4.31. The number of fused-ring (bicyclic) bond motifs is 1. The molecule has 1 aromatic carbocycles. The van der Waals surface area contributed by atoms with Crippen LogP contribution in [-0.2, 0) is 4.79 Å². The molecule has 0 spiro atoms. The smallest absolute Gasteiger partial charge is 0.234 e. The van der Waals surface area contributed by atoms with Gasteiger partial charge in [0.1, 0.15) is 16.1 Å². The van der Waals surface area contributed by atoms with Crippen molar-refractivity contribution in [3.63, 3.8) is 0 Å². The van der Waals surface area contributed by atoms with Gasteiger partial charge in [0.25, 0.3) is 0 Å². The molecule has 2 aromatic heterocycles. The lowest BCUT2D eigenvalue weighted by molar-refractivity contribution is -0.113. The van der Waals surface area contributed by atoms with Gasteiger partial charge in [-0.25, -0.2) is 9.97 Å². The second-order valence-electron chi connectivity index (χ2n) is 7.43. The first-order chi connectivity index (χ1) is 15.1. The Morgan fingerprint density at radius 1 is 1.29 bits per heavy atom. The van der Waals surface area contributed by atoms with Crippen molar-refractivity contribution in [2.45, 2.75) is 24.8 Å². The van der Waals surface area contributed by atoms with Crippen LogP contribution in [0.4, 0.5) is 10.8 Å². The van der Waals surface area contributed by atoms with Gasteiger partial charge >= 0.3 is 0 Å². The number of carbonyl (C=O) groups is 1. The zero-order valence-electron chi connectivity index (χ0n) is 17.8. The maximum Gasteiger partial charge on any atom is 0.234 e. The summed E-state index contributed by atoms with van der Waals surface area (Å²) in [5.41, 5.74) is 1.34. The fraction of sp³-hybridized carbons (Fsp3) is 0.429. The Balaban J connectivity index is 1.43. The zero-order chi connectivity index (χ0) is 21.8. The van der Waals surface area contributed by atoms with Crippen molar-refractivity contribution < 1.29 is 14.3 Å². The summed E-state index contributed by atoms with van der Waals surface area (Å²) in [6, 6.07) is 5.27. The van der Waals surface area contributed by atoms with E-state index in [-0.39, 0.29) is 11.7 Å². The predicted octanol–water partition coefficient (Wildman–Crippen LogP) is 4.07. The van der Waals surface area contributed by atoms with Crippen molar-refractivity contribution in [1.82, 2.24) is 15.0 Å². The monoisotopic (exact) mass is 459 g/mol. The summed E-state index contributed by atoms with van der Waals surface area (Å²) < 4.78 is 11.4. The lowest BCUT2D eigenvalue weighted by Crippen LogP contribution is -2.34. The minimum absolute atomic E-state index is 0.126. The number of piperidine rings is 1. The molecule has 1 amide bonds. The van der Waals surface area contributed by atoms with E-state index < -0.39 is 0 Å². The molecule has 31 heavy (non-hydrogen) atoms. The second-order valence-corrected chi connectivity index (χ2v) is 9.37. The average molecular weight is 460 g/mol. The molecule has 8 nitrogen and oxygen atoms in total. The van der Waals surface area contributed by atoms with Crippen molar-refractivity contribution in [3.05, 3.63) is 24.5 Å². The Morgan fingerprint density at radius 2 is 2.13 bits per heavy atom. The number of hydrogen-bond donors (Lipinski definition) is 1. The van der Waals surface area contributed by atoms with Crippen molar-refractivity contribution in [2.75, 3.05) is 43.3 Å². The van der Waals surface area contributed by atoms with E-state index in [1.807, 2.05) is 0 Å². The fourth-order valence-electron chi connectivity index (χ4n) is 3.57. The molecule has 10 heteroatoms. The number of nitrogens with one attached hydrogen (secondary N) is 1. The van der Waals surface area contributed by atoms with Crippen LogP contribution in [0.1, 0.15) is 19.8 Å². The van der Waals surface area contributed by atoms with E-state index in [2.05, 4.69) is 27.1 Å². The summed E-state index contributed by atoms with van der Waals surface area (Å²) in [7, 11) is 3.14. The third kappa shape index (κ3) is 5.01. The van der Waals surface area contributed by atoms with Crippen LogP contribution in [0.3, 0.4) is 0 Å². The Bertz CT molecular complexity index is 1070. The molecule has 1 atom stereocenters. The SMILES string of the molecule is COc1ccc(NC(=O)CSc2ncnc3nc(N4CCCC(C)C4)sc23)cc1OC. The lowest BCUT2D eigenvalue weighted by Gasteiger charge is -2.30. The van der Waals surface area contributed by atoms with Crippen LogP contribution in [-0.4, -0.2) is 53.9 Å². The topological polar surface area (TPSA) is 89.5 Å². The molecule has 1 unspecified atom stereocenters. The van der Waals surface area contributed by atoms with Crippen LogP contribution in [0.25, 0.3) is 10.3 Å². The average Bonchev–Trinajstić information content (AvgIpc) is 3.22. The molecule has 1 N–H and O–H groups in total. The van der Waals surface area contributed by atoms with Crippen molar-refractivity contribution >= 4 is 50.2 Å². The van der Waals surface area contributed by atoms with E-state index in [0.717, 1.165) is 27.9 Å². The molecule has 1 aliphatic rings. The molecule has 164 valence electrons. The lowest BCUT2D eigenvalue weighted by atomic mass is 10.0. The Kier molecular flexibility index (Phi) is 6.77. The number of carbonyl (C=O) groups excluding carboxylic acids is 1. The molecule has 1 saturated heterocycles. The van der Waals surface area contributed by atoms with Crippen LogP contribution >= 0.6 is 23.1 Å². The van der Waals surface area contributed by atoms with Gasteiger partial charge in [-0.3, -0.25) is 4.79 Å². The van der Waals surface area contributed by atoms with Gasteiger partial charge in [0.2, 0.25) is 5.91 Å². The van der Waals surface area contributed by atoms with E-state index in [4.69, 9.17) is 14.5 Å². The first kappa shape index (κ1) is 21.6. The highest BCUT2D eigenvalue weighted by Gasteiger charge is 2.21. The third-order valence-electron chi connectivity index (χ3n) is 5.08. The van der Waals surface area contributed by atoms with E-state index in [1.54, 1.807) is 43.8 Å². The van der Waals surface area contributed by atoms with E-state index >= 15 is 0 Å². The Labute approximate surface area is 189 Å². The van der Waals surface area contributed by atoms with Crippen LogP contribution in [0.2, 0.25) is 0 Å². The molecule has 0 bridgehead atoms. The Hall–Kier alpha value is -2.59. The Morgan fingerprint density at radius 3 is 2.90 bits per heavy atom. The minimum atomic E-state index is -0.126. The van der Waals surface area contributed by atoms with Crippen molar-refractivity contribution in [1.29, 1.82) is 0 Å². The number of hydrogen-bond acceptors (Lipinski definition) is 9. The van der Waals surface area contributed by atoms with Gasteiger partial charge in [-0.05, 0) is 30.9 Å². The van der Waals surface area contributed by atoms with Crippen LogP contribution < -0.4 is 19.7 Å². The molecular weight excluding hydrogens is 434 g/mol. The highest BCUT2D eigenvalue weighted by molar-refractivity contribution is 8.00. The number of amides is 1. The van der Waals surface area contributed by atoms with Gasteiger partial charge in [0.15, 0.2) is 22.3 Å². The fourth-order valence-corrected chi connectivity index (χ4v) is 5.49. The number of thioether (sulfide) groups is 1. The predicted molar refractivity (Wildman–Crippen MR) is 125 cm³/mol. The number of methoxy groups -OCH3 is 2. The highest BCUT2D eigenvalue weighted by Crippen LogP contribution is 2.35. The number of aromatic nitrogens is 3. The molecular formula is C21H25N5O3S2. The van der Waals surface area contributed by atoms with Crippen molar-refractivity contribution in [3.8, 4) is 11.5 Å². The van der Waals surface area contributed by atoms with E-state index in [9.17, 15) is 4.79 Å². The van der Waals surface area contributed by atoms with Crippen LogP contribution in [0, 0.1) is 5.92 Å². The molecule has 4 rings (SSSR count). The zero-order valence-corrected chi connectivity index (χ0v) is 19.4. The number of nitrogens with zero attached hydrogens (tertiary/aromatic N) is 4. The molecule has 0 saturated carbocycles. The molecule has 0 radical (unpaired) electrons. The number of anilines is 2. The summed E-state index contributed by atoms with van der Waals surface area (Å²) in [5.74, 6) is 1.95. The number of ether oxygens (including phenoxy) is 2. The van der Waals surface area contributed by atoms with Gasteiger partial charge in [-0.15, -0.1) is 0 Å². The molecule has 0 aliphatic carbocycles. The maximum atomic E-state index is 12.5. The van der Waals surface area contributed by atoms with Crippen LogP contribution in [0.5, 0.6) is 11.5 Å². The second kappa shape index (κ2) is 9.69. The molecule has 3 heterocycles. The third-order valence-corrected chi connectivity index (χ3v) is 7.31. The minimum Gasteiger partial charge on any atom is -0.493 e. The first-order valence-electron chi connectivity index (χ1n) is 10.1. The highest BCUT2D eigenvalue weighted by atomic mass is 32.2. The molecule has 1 fully saturated rings. The number of benzene rings is 1. The summed E-state index contributed by atoms with van der Waals surface area (Å²) in [6.07, 6.45) is 3.96. The summed E-state index contributed by atoms with van der Waals surface area (Å²) >= 11 is 2.99. The van der Waals surface area contributed by atoms with Gasteiger partial charge in [0, 0.05) is 24.8 Å². The summed E-state index contributed by atoms with van der Waals surface area (Å²) in [4.78, 5) is 28.3. The first-order valence-corrected chi connectivity index (χ1v) is 11.9. The summed E-state index contributed by atoms with van der Waals surface area (Å²) in [5, 5.41) is 4.65. The normalized spacial score (nSPS) is 16.4. The number of thiazole rings is 1. The van der Waals surface area contributed by atoms with Crippen LogP contribution in [0.15, 0.2) is 29.6 Å². The van der Waals surface area contributed by atoms with Gasteiger partial charge < -0.3 is 19.7 Å². The van der Waals surface area contributed by atoms with Crippen molar-refractivity contribution in [2.24, 2.45) is 5.92 Å². The standard InChI is InChI=1S/C21H25N5O3S2/c1-13-5-4-8-26(10-13)21-25-19-18(31-21)20(23-12-22-19)30-11-17(27)24-14-6-7-15(28-2)16(9-14)29-3/h6-7,9,12-13H,4-5,8,10-11H2,1-3H3,(H,24,27). The maximum absolute atomic E-state index is 12.5. The van der Waals surface area contributed by atoms with Gasteiger partial charge in [-0.2, -0.15) is 4.98 Å². The quantitative estimate of drug-likeness (QED) is 0.418.